The maximum Gasteiger partial charge on any atom is 0.228 e. The van der Waals surface area contributed by atoms with Crippen molar-refractivity contribution in [1.82, 2.24) is 19.9 Å². The van der Waals surface area contributed by atoms with Gasteiger partial charge in [0, 0.05) is 41.5 Å². The molecule has 0 radical (unpaired) electrons. The number of halogens is 3. The molecule has 0 spiro atoms. The molecule has 0 amide bonds. The highest BCUT2D eigenvalue weighted by Gasteiger charge is 2.58. The summed E-state index contributed by atoms with van der Waals surface area (Å²) in [5.41, 5.74) is 12.9. The van der Waals surface area contributed by atoms with Crippen LogP contribution in [-0.4, -0.2) is 58.1 Å². The van der Waals surface area contributed by atoms with Gasteiger partial charge in [-0.3, -0.25) is 0 Å². The van der Waals surface area contributed by atoms with Gasteiger partial charge in [-0.25, -0.2) is 18.7 Å². The predicted molar refractivity (Wildman–Crippen MR) is 183 cm³/mol. The van der Waals surface area contributed by atoms with Crippen LogP contribution in [0.2, 0.25) is 5.02 Å². The minimum atomic E-state index is -0.714. The number of nitrogens with one attached hydrogen (secondary N) is 1. The summed E-state index contributed by atoms with van der Waals surface area (Å²) >= 11 is 7.77. The molecule has 5 aromatic rings. The highest BCUT2D eigenvalue weighted by molar-refractivity contribution is 7.23. The van der Waals surface area contributed by atoms with E-state index in [-0.39, 0.29) is 53.8 Å². The molecular formula is C33H34ClF2N9S. The molecule has 0 aliphatic carbocycles. The molecule has 1 fully saturated rings. The molecule has 2 aromatic carbocycles. The van der Waals surface area contributed by atoms with Gasteiger partial charge in [-0.15, -0.1) is 11.3 Å². The van der Waals surface area contributed by atoms with E-state index in [9.17, 15) is 9.65 Å². The zero-order valence-electron chi connectivity index (χ0n) is 26.3. The normalized spacial score (nSPS) is 18.2. The van der Waals surface area contributed by atoms with Crippen molar-refractivity contribution >= 4 is 66.5 Å². The first-order valence-corrected chi connectivity index (χ1v) is 15.9. The summed E-state index contributed by atoms with van der Waals surface area (Å²) in [6.07, 6.45) is 1.64. The second-order valence-electron chi connectivity index (χ2n) is 12.6. The summed E-state index contributed by atoms with van der Waals surface area (Å²) in [7, 11) is 4.06. The van der Waals surface area contributed by atoms with E-state index in [0.717, 1.165) is 16.9 Å². The van der Waals surface area contributed by atoms with Gasteiger partial charge in [0.15, 0.2) is 5.82 Å². The maximum absolute atomic E-state index is 17.0. The number of thiophene rings is 1. The number of rotatable bonds is 7. The Morgan fingerprint density at radius 3 is 2.59 bits per heavy atom. The Morgan fingerprint density at radius 2 is 1.93 bits per heavy atom. The molecule has 13 heteroatoms. The zero-order chi connectivity index (χ0) is 33.3. The molecule has 4 heterocycles. The number of nitrogens with two attached hydrogens (primary N) is 2. The zero-order valence-corrected chi connectivity index (χ0v) is 27.9. The predicted octanol–water partition coefficient (Wildman–Crippen LogP) is 7.01. The Labute approximate surface area is 274 Å². The summed E-state index contributed by atoms with van der Waals surface area (Å²) in [4.78, 5) is 18.1. The number of aromatic nitrogens is 3. The third-order valence-corrected chi connectivity index (χ3v) is 11.1. The van der Waals surface area contributed by atoms with Gasteiger partial charge in [-0.1, -0.05) is 30.7 Å². The van der Waals surface area contributed by atoms with Gasteiger partial charge < -0.3 is 26.6 Å². The van der Waals surface area contributed by atoms with Crippen LogP contribution in [0.4, 0.5) is 31.4 Å². The highest BCUT2D eigenvalue weighted by atomic mass is 35.5. The monoisotopic (exact) mass is 661 g/mol. The van der Waals surface area contributed by atoms with Gasteiger partial charge in [0.1, 0.15) is 34.0 Å². The molecule has 238 valence electrons. The van der Waals surface area contributed by atoms with Gasteiger partial charge >= 0.3 is 0 Å². The quantitative estimate of drug-likeness (QED) is 0.168. The molecule has 0 bridgehead atoms. The van der Waals surface area contributed by atoms with Gasteiger partial charge in [0.2, 0.25) is 5.95 Å². The molecule has 46 heavy (non-hydrogen) atoms. The van der Waals surface area contributed by atoms with E-state index in [4.69, 9.17) is 33.0 Å². The van der Waals surface area contributed by atoms with Crippen LogP contribution in [0.25, 0.3) is 32.1 Å². The molecule has 6 rings (SSSR count). The molecular weight excluding hydrogens is 628 g/mol. The van der Waals surface area contributed by atoms with Crippen molar-refractivity contribution in [1.29, 1.82) is 5.26 Å². The number of hydrogen-bond acceptors (Lipinski definition) is 10. The molecule has 1 aliphatic rings. The smallest absolute Gasteiger partial charge is 0.228 e. The standard InChI is InChI=1S/C33H34ClF2N9S/c1-16(17-8-7-11-40-28(17)38)14-41-30-19-12-21(34)24(18-9-10-22(35)27-23(18)20(13-37)29(39)46-27)25(36)26(19)42-31(43-30)45-15-33(4,44(5)6)32(45,2)3/h7-12,16H,14-15,39H2,1-6H3,(H2,38,40)(H,41,42,43)/t16-,33-/m0/s1. The fourth-order valence-corrected chi connectivity index (χ4v) is 7.55. The van der Waals surface area contributed by atoms with Crippen molar-refractivity contribution in [3.05, 3.63) is 64.3 Å². The number of benzene rings is 2. The first-order valence-electron chi connectivity index (χ1n) is 14.7. The Kier molecular flexibility index (Phi) is 7.70. The fourth-order valence-electron chi connectivity index (χ4n) is 6.31. The second-order valence-corrected chi connectivity index (χ2v) is 14.1. The first kappa shape index (κ1) is 31.7. The van der Waals surface area contributed by atoms with E-state index in [1.807, 2.05) is 39.2 Å². The lowest BCUT2D eigenvalue weighted by Crippen LogP contribution is -2.80. The third kappa shape index (κ3) is 4.68. The van der Waals surface area contributed by atoms with Crippen molar-refractivity contribution in [3.63, 3.8) is 0 Å². The Hall–Kier alpha value is -4.31. The summed E-state index contributed by atoms with van der Waals surface area (Å²) in [5.74, 6) is -0.142. The van der Waals surface area contributed by atoms with Crippen LogP contribution in [0.1, 0.15) is 44.7 Å². The van der Waals surface area contributed by atoms with Gasteiger partial charge in [0.25, 0.3) is 0 Å². The van der Waals surface area contributed by atoms with Crippen molar-refractivity contribution in [2.45, 2.75) is 44.7 Å². The van der Waals surface area contributed by atoms with Gasteiger partial charge in [-0.2, -0.15) is 10.2 Å². The Bertz CT molecular complexity index is 2070. The van der Waals surface area contributed by atoms with E-state index in [2.05, 4.69) is 40.9 Å². The first-order chi connectivity index (χ1) is 21.7. The fraction of sp³-hybridized carbons (Fsp3) is 0.333. The minimum Gasteiger partial charge on any atom is -0.389 e. The SMILES string of the molecule is C[C@@H](CNc1nc(N2C[C@](C)(N(C)C)C2(C)C)nc2c(F)c(-c3ccc(F)c4sc(N)c(C#N)c34)c(Cl)cc12)c1cccnc1N. The van der Waals surface area contributed by atoms with E-state index in [0.29, 0.717) is 36.1 Å². The van der Waals surface area contributed by atoms with Crippen molar-refractivity contribution in [2.75, 3.05) is 48.9 Å². The van der Waals surface area contributed by atoms with Crippen LogP contribution >= 0.6 is 22.9 Å². The molecule has 1 aliphatic heterocycles. The van der Waals surface area contributed by atoms with Gasteiger partial charge in [-0.05, 0) is 64.2 Å². The maximum atomic E-state index is 17.0. The number of anilines is 4. The second kappa shape index (κ2) is 11.2. The lowest BCUT2D eigenvalue weighted by Gasteiger charge is -2.65. The Balaban J connectivity index is 1.55. The van der Waals surface area contributed by atoms with Crippen LogP contribution in [0.3, 0.4) is 0 Å². The number of nitrogens with zero attached hydrogens (tertiary/aromatic N) is 6. The summed E-state index contributed by atoms with van der Waals surface area (Å²) in [6, 6.07) is 10.0. The van der Waals surface area contributed by atoms with E-state index >= 15 is 4.39 Å². The van der Waals surface area contributed by atoms with Crippen LogP contribution in [0.5, 0.6) is 0 Å². The average Bonchev–Trinajstić information content (AvgIpc) is 3.36. The molecule has 9 nitrogen and oxygen atoms in total. The molecule has 3 aromatic heterocycles. The largest absolute Gasteiger partial charge is 0.389 e. The van der Waals surface area contributed by atoms with Crippen LogP contribution in [0, 0.1) is 23.0 Å². The molecule has 5 N–H and O–H groups in total. The third-order valence-electron chi connectivity index (χ3n) is 9.74. The highest BCUT2D eigenvalue weighted by Crippen LogP contribution is 2.48. The van der Waals surface area contributed by atoms with Crippen molar-refractivity contribution in [2.24, 2.45) is 0 Å². The summed E-state index contributed by atoms with van der Waals surface area (Å²) < 4.78 is 32.0. The van der Waals surface area contributed by atoms with Crippen molar-refractivity contribution < 1.29 is 8.78 Å². The van der Waals surface area contributed by atoms with Crippen LogP contribution in [-0.2, 0) is 0 Å². The van der Waals surface area contributed by atoms with Crippen molar-refractivity contribution in [3.8, 4) is 17.2 Å². The molecule has 0 unspecified atom stereocenters. The van der Waals surface area contributed by atoms with E-state index < -0.39 is 17.2 Å². The van der Waals surface area contributed by atoms with Gasteiger partial charge in [0.05, 0.1) is 26.4 Å². The molecule has 1 saturated heterocycles. The molecule has 0 saturated carbocycles. The number of hydrogen-bond donors (Lipinski definition) is 3. The lowest BCUT2D eigenvalue weighted by molar-refractivity contribution is 0.0230. The number of fused-ring (bicyclic) bond motifs is 2. The lowest BCUT2D eigenvalue weighted by atomic mass is 9.70. The van der Waals surface area contributed by atoms with E-state index in [1.165, 1.54) is 12.1 Å². The average molecular weight is 662 g/mol. The topological polar surface area (TPSA) is 133 Å². The number of nitrogen functional groups attached to an aromatic ring is 2. The summed E-state index contributed by atoms with van der Waals surface area (Å²) in [5, 5.41) is 14.0. The number of nitriles is 1. The van der Waals surface area contributed by atoms with E-state index in [1.54, 1.807) is 12.3 Å². The van der Waals surface area contributed by atoms with Crippen LogP contribution < -0.4 is 21.7 Å². The number of pyridine rings is 1. The number of likely N-dealkylation sites (N-methyl/N-ethyl adjacent to an activating group) is 1. The van der Waals surface area contributed by atoms with Crippen LogP contribution in [0.15, 0.2) is 36.5 Å². The Morgan fingerprint density at radius 1 is 1.20 bits per heavy atom. The molecule has 2 atom stereocenters. The summed E-state index contributed by atoms with van der Waals surface area (Å²) in [6.45, 7) is 9.42. The minimum absolute atomic E-state index is 0.00145.